The summed E-state index contributed by atoms with van der Waals surface area (Å²) in [6.07, 6.45) is 0. The lowest BCUT2D eigenvalue weighted by atomic mass is 9.92. The van der Waals surface area contributed by atoms with E-state index in [1.165, 1.54) is 12.1 Å². The number of rotatable bonds is 3. The molecule has 0 heterocycles. The van der Waals surface area contributed by atoms with Crippen LogP contribution in [0.1, 0.15) is 11.1 Å². The van der Waals surface area contributed by atoms with Crippen molar-refractivity contribution in [2.24, 2.45) is 0 Å². The summed E-state index contributed by atoms with van der Waals surface area (Å²) < 4.78 is 14.2. The fourth-order valence-corrected chi connectivity index (χ4v) is 3.34. The van der Waals surface area contributed by atoms with Gasteiger partial charge in [0.25, 0.3) is 0 Å². The minimum Gasteiger partial charge on any atom is -0.204 e. The third-order valence-corrected chi connectivity index (χ3v) is 4.79. The van der Waals surface area contributed by atoms with E-state index in [1.807, 2.05) is 84.9 Å². The minimum atomic E-state index is -0.777. The Balaban J connectivity index is 1.97. The van der Waals surface area contributed by atoms with Gasteiger partial charge in [-0.25, -0.2) is 4.39 Å². The summed E-state index contributed by atoms with van der Waals surface area (Å²) >= 11 is 0. The van der Waals surface area contributed by atoms with Crippen LogP contribution < -0.4 is 0 Å². The van der Waals surface area contributed by atoms with Gasteiger partial charge in [0.15, 0.2) is 5.82 Å². The summed E-state index contributed by atoms with van der Waals surface area (Å²) in [6.45, 7) is 0. The Hall–Kier alpha value is -4.21. The second-order valence-electron chi connectivity index (χ2n) is 6.64. The summed E-state index contributed by atoms with van der Waals surface area (Å²) in [4.78, 5) is 0. The number of hydrogen-bond acceptors (Lipinski definition) is 2. The highest BCUT2D eigenvalue weighted by atomic mass is 19.1. The Morgan fingerprint density at radius 1 is 0.483 bits per heavy atom. The summed E-state index contributed by atoms with van der Waals surface area (Å²) in [6, 6.07) is 32.7. The molecule has 0 saturated carbocycles. The van der Waals surface area contributed by atoms with Crippen molar-refractivity contribution in [3.05, 3.63) is 108 Å². The maximum absolute atomic E-state index is 14.2. The highest BCUT2D eigenvalue weighted by molar-refractivity contribution is 5.82. The van der Waals surface area contributed by atoms with E-state index < -0.39 is 5.82 Å². The Labute approximate surface area is 168 Å². The average molecular weight is 374 g/mol. The molecule has 29 heavy (non-hydrogen) atoms. The van der Waals surface area contributed by atoms with Gasteiger partial charge < -0.3 is 0 Å². The van der Waals surface area contributed by atoms with Crippen molar-refractivity contribution in [2.75, 3.05) is 0 Å². The Kier molecular flexibility index (Phi) is 4.89. The largest absolute Gasteiger partial charge is 0.204 e. The molecule has 136 valence electrons. The molecule has 0 aliphatic rings. The smallest absolute Gasteiger partial charge is 0.158 e. The van der Waals surface area contributed by atoms with Gasteiger partial charge >= 0.3 is 0 Å². The first-order valence-corrected chi connectivity index (χ1v) is 9.09. The van der Waals surface area contributed by atoms with Crippen LogP contribution in [0, 0.1) is 28.5 Å². The lowest BCUT2D eigenvalue weighted by Crippen LogP contribution is -1.93. The number of benzene rings is 4. The molecule has 4 aromatic rings. The topological polar surface area (TPSA) is 47.6 Å². The van der Waals surface area contributed by atoms with Crippen molar-refractivity contribution in [3.8, 4) is 45.5 Å². The third-order valence-electron chi connectivity index (χ3n) is 4.79. The van der Waals surface area contributed by atoms with Crippen LogP contribution in [0.3, 0.4) is 0 Å². The van der Waals surface area contributed by atoms with E-state index in [1.54, 1.807) is 0 Å². The van der Waals surface area contributed by atoms with Crippen LogP contribution in [0.4, 0.5) is 4.39 Å². The minimum absolute atomic E-state index is 0.134. The van der Waals surface area contributed by atoms with E-state index in [-0.39, 0.29) is 11.1 Å². The predicted octanol–water partition coefficient (Wildman–Crippen LogP) is 6.57. The molecule has 0 aliphatic carbocycles. The van der Waals surface area contributed by atoms with Crippen molar-refractivity contribution in [3.63, 3.8) is 0 Å². The maximum atomic E-state index is 14.2. The van der Waals surface area contributed by atoms with Gasteiger partial charge in [0.05, 0.1) is 11.1 Å². The molecule has 0 spiro atoms. The van der Waals surface area contributed by atoms with Crippen molar-refractivity contribution in [1.82, 2.24) is 0 Å². The van der Waals surface area contributed by atoms with Crippen LogP contribution in [0.5, 0.6) is 0 Å². The van der Waals surface area contributed by atoms with Crippen molar-refractivity contribution in [2.45, 2.75) is 0 Å². The molecule has 0 unspecified atom stereocenters. The van der Waals surface area contributed by atoms with Crippen LogP contribution in [0.15, 0.2) is 91.0 Å². The van der Waals surface area contributed by atoms with E-state index in [4.69, 9.17) is 0 Å². The van der Waals surface area contributed by atoms with Gasteiger partial charge in [-0.3, -0.25) is 0 Å². The van der Waals surface area contributed by atoms with Crippen molar-refractivity contribution >= 4 is 0 Å². The van der Waals surface area contributed by atoms with Crippen LogP contribution in [0.2, 0.25) is 0 Å². The molecular formula is C26H15FN2. The zero-order valence-electron chi connectivity index (χ0n) is 15.4. The zero-order valence-corrected chi connectivity index (χ0v) is 15.4. The molecule has 0 atom stereocenters. The normalized spacial score (nSPS) is 10.2. The third kappa shape index (κ3) is 3.63. The number of nitriles is 2. The van der Waals surface area contributed by atoms with E-state index in [9.17, 15) is 14.9 Å². The monoisotopic (exact) mass is 374 g/mol. The second kappa shape index (κ2) is 7.80. The number of halogens is 1. The van der Waals surface area contributed by atoms with E-state index in [0.29, 0.717) is 5.56 Å². The highest BCUT2D eigenvalue weighted by Gasteiger charge is 2.13. The molecule has 0 fully saturated rings. The molecule has 0 saturated heterocycles. The first-order chi connectivity index (χ1) is 14.2. The predicted molar refractivity (Wildman–Crippen MR) is 112 cm³/mol. The average Bonchev–Trinajstić information content (AvgIpc) is 2.80. The van der Waals surface area contributed by atoms with Gasteiger partial charge in [0.2, 0.25) is 0 Å². The van der Waals surface area contributed by atoms with Crippen LogP contribution >= 0.6 is 0 Å². The SMILES string of the molecule is N#Cc1cc(-c2cc(-c3ccccc3)cc(-c3ccccc3)c2)cc(C#N)c1F. The van der Waals surface area contributed by atoms with Gasteiger partial charge in [-0.15, -0.1) is 0 Å². The summed E-state index contributed by atoms with van der Waals surface area (Å²) in [7, 11) is 0. The van der Waals surface area contributed by atoms with Gasteiger partial charge in [0, 0.05) is 0 Å². The lowest BCUT2D eigenvalue weighted by molar-refractivity contribution is 0.620. The van der Waals surface area contributed by atoms with Crippen LogP contribution in [0.25, 0.3) is 33.4 Å². The molecule has 4 rings (SSSR count). The highest BCUT2D eigenvalue weighted by Crippen LogP contribution is 2.34. The van der Waals surface area contributed by atoms with Crippen LogP contribution in [-0.4, -0.2) is 0 Å². The van der Waals surface area contributed by atoms with Gasteiger partial charge in [-0.2, -0.15) is 10.5 Å². The molecule has 4 aromatic carbocycles. The maximum Gasteiger partial charge on any atom is 0.158 e. The molecule has 0 aromatic heterocycles. The van der Waals surface area contributed by atoms with Gasteiger partial charge in [0.1, 0.15) is 12.1 Å². The standard InChI is InChI=1S/C26H15FN2/c27-26-24(16-28)14-23(15-25(26)17-29)22-12-20(18-7-3-1-4-8-18)11-21(13-22)19-9-5-2-6-10-19/h1-15H. The van der Waals surface area contributed by atoms with Crippen LogP contribution in [-0.2, 0) is 0 Å². The second-order valence-corrected chi connectivity index (χ2v) is 6.64. The lowest BCUT2D eigenvalue weighted by Gasteiger charge is -2.12. The number of hydrogen-bond donors (Lipinski definition) is 0. The summed E-state index contributed by atoms with van der Waals surface area (Å²) in [5.41, 5.74) is 5.29. The first-order valence-electron chi connectivity index (χ1n) is 9.09. The fraction of sp³-hybridized carbons (Fsp3) is 0. The first kappa shape index (κ1) is 18.2. The Morgan fingerprint density at radius 2 is 0.828 bits per heavy atom. The summed E-state index contributed by atoms with van der Waals surface area (Å²) in [5.74, 6) is -0.777. The van der Waals surface area contributed by atoms with E-state index in [2.05, 4.69) is 6.07 Å². The number of nitrogens with zero attached hydrogens (tertiary/aromatic N) is 2. The molecule has 0 radical (unpaired) electrons. The molecule has 0 bridgehead atoms. The zero-order chi connectivity index (χ0) is 20.2. The molecule has 0 amide bonds. The summed E-state index contributed by atoms with van der Waals surface area (Å²) in [5, 5.41) is 18.6. The van der Waals surface area contributed by atoms with E-state index in [0.717, 1.165) is 27.8 Å². The van der Waals surface area contributed by atoms with Crippen molar-refractivity contribution in [1.29, 1.82) is 10.5 Å². The molecule has 3 heteroatoms. The quantitative estimate of drug-likeness (QED) is 0.407. The Morgan fingerprint density at radius 3 is 1.21 bits per heavy atom. The van der Waals surface area contributed by atoms with Gasteiger partial charge in [-0.1, -0.05) is 60.7 Å². The Bertz CT molecular complexity index is 1170. The van der Waals surface area contributed by atoms with E-state index >= 15 is 0 Å². The molecular weight excluding hydrogens is 359 g/mol. The molecule has 0 N–H and O–H groups in total. The molecule has 2 nitrogen and oxygen atoms in total. The molecule has 0 aliphatic heterocycles. The fourth-order valence-electron chi connectivity index (χ4n) is 3.34. The van der Waals surface area contributed by atoms with Crippen molar-refractivity contribution < 1.29 is 4.39 Å². The van der Waals surface area contributed by atoms with Gasteiger partial charge in [-0.05, 0) is 63.7 Å².